The van der Waals surface area contributed by atoms with Crippen molar-refractivity contribution in [3.8, 4) is 5.75 Å². The number of methoxy groups -OCH3 is 1. The highest BCUT2D eigenvalue weighted by Gasteiger charge is 2.31. The molecule has 3 aromatic rings. The van der Waals surface area contributed by atoms with E-state index in [0.29, 0.717) is 30.6 Å². The molecule has 0 fully saturated rings. The average Bonchev–Trinajstić information content (AvgIpc) is 3.14. The van der Waals surface area contributed by atoms with Gasteiger partial charge in [0.1, 0.15) is 30.4 Å². The van der Waals surface area contributed by atoms with Gasteiger partial charge in [-0.05, 0) is 68.0 Å². The molecule has 2 bridgehead atoms. The van der Waals surface area contributed by atoms with Crippen LogP contribution in [0.2, 0.25) is 0 Å². The molecule has 0 saturated carbocycles. The first kappa shape index (κ1) is 40.0. The van der Waals surface area contributed by atoms with Gasteiger partial charge in [-0.2, -0.15) is 0 Å². The van der Waals surface area contributed by atoms with Crippen LogP contribution in [0.1, 0.15) is 67.1 Å². The fraction of sp³-hybridized carbons (Fsp3) is 0.447. The van der Waals surface area contributed by atoms with Crippen LogP contribution in [0.25, 0.3) is 0 Å². The lowest BCUT2D eigenvalue weighted by molar-refractivity contribution is -0.133. The first-order chi connectivity index (χ1) is 25.3. The molecule has 5 N–H and O–H groups in total. The number of benzene rings is 2. The van der Waals surface area contributed by atoms with Gasteiger partial charge in [0.25, 0.3) is 11.5 Å². The number of hydrogen-bond acceptors (Lipinski definition) is 8. The SMILES string of the molecule is CC[C@H](C)C1NC(=O)c2ccc(cc2)CN(C(=O)Cn2cc(C)c(=O)[nH]c2=O)CCCCNC(=O)[C@@H](C)NC(=O)[C@H](Cc2ccc(OC)cc2)NC1=O. The highest BCUT2D eigenvalue weighted by atomic mass is 16.5. The monoisotopic (exact) mass is 731 g/mol. The maximum atomic E-state index is 13.8. The number of hydrogen-bond donors (Lipinski definition) is 5. The first-order valence-electron chi connectivity index (χ1n) is 17.8. The number of amides is 5. The average molecular weight is 732 g/mol. The van der Waals surface area contributed by atoms with Gasteiger partial charge in [0, 0.05) is 43.4 Å². The van der Waals surface area contributed by atoms with Crippen molar-refractivity contribution in [2.75, 3.05) is 20.2 Å². The number of aryl methyl sites for hydroxylation is 1. The summed E-state index contributed by atoms with van der Waals surface area (Å²) >= 11 is 0. The van der Waals surface area contributed by atoms with E-state index in [1.54, 1.807) is 67.5 Å². The molecule has 5 rings (SSSR count). The second-order valence-electron chi connectivity index (χ2n) is 13.4. The van der Waals surface area contributed by atoms with E-state index in [9.17, 15) is 33.6 Å². The van der Waals surface area contributed by atoms with Crippen molar-refractivity contribution >= 4 is 29.5 Å². The molecule has 4 atom stereocenters. The smallest absolute Gasteiger partial charge is 0.328 e. The Kier molecular flexibility index (Phi) is 14.1. The summed E-state index contributed by atoms with van der Waals surface area (Å²) < 4.78 is 6.39. The summed E-state index contributed by atoms with van der Waals surface area (Å²) in [5.74, 6) is -2.08. The molecule has 1 unspecified atom stereocenters. The molecule has 2 aliphatic heterocycles. The third kappa shape index (κ3) is 11.1. The highest BCUT2D eigenvalue weighted by Crippen LogP contribution is 2.16. The number of fused-ring (bicyclic) bond motifs is 18. The minimum absolute atomic E-state index is 0.115. The van der Waals surface area contributed by atoms with Crippen LogP contribution in [0.15, 0.2) is 64.3 Å². The van der Waals surface area contributed by atoms with Crippen molar-refractivity contribution in [2.45, 2.75) is 84.6 Å². The molecule has 2 aromatic carbocycles. The number of aromatic amines is 1. The van der Waals surface area contributed by atoms with E-state index in [4.69, 9.17) is 4.74 Å². The van der Waals surface area contributed by atoms with Crippen molar-refractivity contribution in [3.63, 3.8) is 0 Å². The zero-order chi connectivity index (χ0) is 38.7. The molecule has 0 aliphatic carbocycles. The lowest BCUT2D eigenvalue weighted by atomic mass is 9.96. The Balaban J connectivity index is 1.60. The summed E-state index contributed by atoms with van der Waals surface area (Å²) in [6.45, 7) is 7.23. The maximum Gasteiger partial charge on any atom is 0.328 e. The van der Waals surface area contributed by atoms with E-state index < -0.39 is 53.0 Å². The second kappa shape index (κ2) is 18.7. The molecular formula is C38H49N7O8. The van der Waals surface area contributed by atoms with Crippen LogP contribution in [0.5, 0.6) is 5.75 Å². The van der Waals surface area contributed by atoms with Crippen LogP contribution in [0.3, 0.4) is 0 Å². The van der Waals surface area contributed by atoms with E-state index in [1.165, 1.54) is 13.1 Å². The largest absolute Gasteiger partial charge is 0.497 e. The predicted octanol–water partition coefficient (Wildman–Crippen LogP) is 1.17. The number of carbonyl (C=O) groups excluding carboxylic acids is 5. The molecule has 0 saturated heterocycles. The Hall–Kier alpha value is -5.73. The summed E-state index contributed by atoms with van der Waals surface area (Å²) in [6, 6.07) is 10.7. The van der Waals surface area contributed by atoms with Gasteiger partial charge in [-0.3, -0.25) is 38.3 Å². The summed E-state index contributed by atoms with van der Waals surface area (Å²) in [7, 11) is 1.54. The van der Waals surface area contributed by atoms with Crippen LogP contribution in [0, 0.1) is 12.8 Å². The van der Waals surface area contributed by atoms with E-state index in [1.807, 2.05) is 13.8 Å². The van der Waals surface area contributed by atoms with Gasteiger partial charge in [0.2, 0.25) is 23.6 Å². The molecule has 0 spiro atoms. The zero-order valence-corrected chi connectivity index (χ0v) is 30.8. The third-order valence-electron chi connectivity index (χ3n) is 9.36. The number of rotatable bonds is 7. The summed E-state index contributed by atoms with van der Waals surface area (Å²) in [5.41, 5.74) is 0.812. The summed E-state index contributed by atoms with van der Waals surface area (Å²) in [5, 5.41) is 11.2. The van der Waals surface area contributed by atoms with Gasteiger partial charge >= 0.3 is 5.69 Å². The van der Waals surface area contributed by atoms with Crippen molar-refractivity contribution < 1.29 is 28.7 Å². The van der Waals surface area contributed by atoms with Gasteiger partial charge in [0.15, 0.2) is 0 Å². The lowest BCUT2D eigenvalue weighted by Gasteiger charge is -2.27. The molecule has 0 radical (unpaired) electrons. The molecule has 5 amide bonds. The van der Waals surface area contributed by atoms with Crippen molar-refractivity contribution in [2.24, 2.45) is 5.92 Å². The number of aromatic nitrogens is 2. The van der Waals surface area contributed by atoms with Gasteiger partial charge in [0.05, 0.1) is 7.11 Å². The highest BCUT2D eigenvalue weighted by molar-refractivity contribution is 5.99. The van der Waals surface area contributed by atoms with Crippen molar-refractivity contribution in [1.29, 1.82) is 0 Å². The Morgan fingerprint density at radius 2 is 1.60 bits per heavy atom. The lowest BCUT2D eigenvalue weighted by Crippen LogP contribution is -2.58. The van der Waals surface area contributed by atoms with E-state index in [0.717, 1.165) is 15.7 Å². The molecule has 284 valence electrons. The van der Waals surface area contributed by atoms with E-state index in [2.05, 4.69) is 26.3 Å². The molecule has 15 nitrogen and oxygen atoms in total. The number of carbonyl (C=O) groups is 5. The molecule has 3 heterocycles. The van der Waals surface area contributed by atoms with Gasteiger partial charge < -0.3 is 30.9 Å². The predicted molar refractivity (Wildman–Crippen MR) is 197 cm³/mol. The maximum absolute atomic E-state index is 13.8. The number of H-pyrrole nitrogens is 1. The fourth-order valence-corrected chi connectivity index (χ4v) is 5.82. The van der Waals surface area contributed by atoms with E-state index >= 15 is 0 Å². The van der Waals surface area contributed by atoms with Crippen LogP contribution < -0.4 is 37.3 Å². The minimum Gasteiger partial charge on any atom is -0.497 e. The van der Waals surface area contributed by atoms with Crippen LogP contribution in [0.4, 0.5) is 0 Å². The zero-order valence-electron chi connectivity index (χ0n) is 30.8. The third-order valence-corrected chi connectivity index (χ3v) is 9.36. The first-order valence-corrected chi connectivity index (χ1v) is 17.8. The normalized spacial score (nSPS) is 19.9. The van der Waals surface area contributed by atoms with Gasteiger partial charge in [-0.25, -0.2) is 4.79 Å². The Morgan fingerprint density at radius 1 is 0.906 bits per heavy atom. The number of ether oxygens (including phenoxy) is 1. The van der Waals surface area contributed by atoms with Crippen LogP contribution in [-0.4, -0.2) is 82.3 Å². The summed E-state index contributed by atoms with van der Waals surface area (Å²) in [4.78, 5) is 95.5. The Bertz CT molecular complexity index is 1890. The fourth-order valence-electron chi connectivity index (χ4n) is 5.82. The van der Waals surface area contributed by atoms with Gasteiger partial charge in [-0.1, -0.05) is 44.5 Å². The molecular weight excluding hydrogens is 682 g/mol. The van der Waals surface area contributed by atoms with Gasteiger partial charge in [-0.15, -0.1) is 0 Å². The van der Waals surface area contributed by atoms with Crippen LogP contribution >= 0.6 is 0 Å². The number of nitrogens with zero attached hydrogens (tertiary/aromatic N) is 2. The molecule has 53 heavy (non-hydrogen) atoms. The molecule has 1 aromatic heterocycles. The number of nitrogens with one attached hydrogen (secondary N) is 5. The standard InChI is InChI=1S/C38H49N7O8/c1-6-23(2)32-37(51)41-30(19-26-11-15-29(53-5)16-12-26)36(50)40-25(4)34(48)39-17-7-8-18-44(21-27-9-13-28(14-10-27)35(49)42-32)31(46)22-45-20-24(3)33(47)43-38(45)52/h9-16,20,23,25,30,32H,6-8,17-19,21-22H2,1-5H3,(H,39,48)(H,40,50)(H,41,51)(H,42,49)(H,43,47,52)/t23-,25+,30-,32?/m0/s1. The molecule has 2 aliphatic rings. The van der Waals surface area contributed by atoms with Crippen molar-refractivity contribution in [3.05, 3.63) is 97.8 Å². The topological polar surface area (TPSA) is 201 Å². The minimum atomic E-state index is -1.07. The molecule has 15 heteroatoms. The van der Waals surface area contributed by atoms with E-state index in [-0.39, 0.29) is 50.0 Å². The summed E-state index contributed by atoms with van der Waals surface area (Å²) in [6.07, 6.45) is 3.01. The quantitative estimate of drug-likeness (QED) is 0.223. The van der Waals surface area contributed by atoms with Crippen LogP contribution in [-0.2, 0) is 38.7 Å². The van der Waals surface area contributed by atoms with Crippen molar-refractivity contribution in [1.82, 2.24) is 35.7 Å². The Labute approximate surface area is 307 Å². The second-order valence-corrected chi connectivity index (χ2v) is 13.4. The Morgan fingerprint density at radius 3 is 2.26 bits per heavy atom.